The van der Waals surface area contributed by atoms with Gasteiger partial charge in [0.15, 0.2) is 17.3 Å². The monoisotopic (exact) mass is 445 g/mol. The molecule has 4 aromatic carbocycles. The van der Waals surface area contributed by atoms with E-state index in [1.165, 1.54) is 27.5 Å². The molecular formula is C30H23NO3. The number of benzene rings is 4. The van der Waals surface area contributed by atoms with Gasteiger partial charge >= 0.3 is 0 Å². The molecule has 1 N–H and O–H groups in total. The Morgan fingerprint density at radius 3 is 2.50 bits per heavy atom. The first kappa shape index (κ1) is 19.4. The third kappa shape index (κ3) is 2.95. The van der Waals surface area contributed by atoms with E-state index in [0.717, 1.165) is 34.7 Å². The summed E-state index contributed by atoms with van der Waals surface area (Å²) in [5, 5.41) is 6.08. The molecule has 2 heterocycles. The molecule has 0 unspecified atom stereocenters. The molecule has 1 aliphatic carbocycles. The summed E-state index contributed by atoms with van der Waals surface area (Å²) in [5.41, 5.74) is 6.53. The van der Waals surface area contributed by atoms with Crippen LogP contribution in [0.1, 0.15) is 41.5 Å². The highest BCUT2D eigenvalue weighted by Gasteiger charge is 2.38. The molecule has 0 radical (unpaired) electrons. The van der Waals surface area contributed by atoms with Gasteiger partial charge in [0.05, 0.1) is 6.04 Å². The number of ether oxygens (including phenoxy) is 2. The van der Waals surface area contributed by atoms with Crippen molar-refractivity contribution in [3.8, 4) is 11.5 Å². The van der Waals surface area contributed by atoms with Gasteiger partial charge in [-0.15, -0.1) is 0 Å². The van der Waals surface area contributed by atoms with E-state index < -0.39 is 0 Å². The van der Waals surface area contributed by atoms with Crippen molar-refractivity contribution in [3.63, 3.8) is 0 Å². The lowest BCUT2D eigenvalue weighted by Gasteiger charge is -2.37. The molecule has 7 rings (SSSR count). The third-order valence-corrected chi connectivity index (χ3v) is 7.33. The quantitative estimate of drug-likeness (QED) is 0.376. The summed E-state index contributed by atoms with van der Waals surface area (Å²) in [4.78, 5) is 13.8. The first-order chi connectivity index (χ1) is 16.8. The zero-order valence-electron chi connectivity index (χ0n) is 18.6. The SMILES string of the molecule is O=C1C[C@H](c2ccccc2)CC2=C1[C@@H](c1ccc3c(c1)OCO3)Nc1ccc3ccccc3c12. The van der Waals surface area contributed by atoms with Crippen LogP contribution < -0.4 is 14.8 Å². The molecule has 3 aliphatic rings. The minimum atomic E-state index is -0.220. The Balaban J connectivity index is 1.44. The second-order valence-electron chi connectivity index (χ2n) is 9.23. The number of allylic oxidation sites excluding steroid dienone is 1. The number of hydrogen-bond acceptors (Lipinski definition) is 4. The maximum absolute atomic E-state index is 13.8. The molecule has 0 amide bonds. The van der Waals surface area contributed by atoms with Crippen molar-refractivity contribution in [2.24, 2.45) is 0 Å². The standard InChI is InChI=1S/C30H23NO3/c32-25-15-21(18-6-2-1-3-7-18)14-23-28-22-9-5-4-8-19(22)10-12-24(28)31-30(29(23)25)20-11-13-26-27(16-20)34-17-33-26/h1-13,16,21,30-31H,14-15,17H2/t21-,30-/m1/s1. The highest BCUT2D eigenvalue weighted by atomic mass is 16.7. The minimum Gasteiger partial charge on any atom is -0.454 e. The average Bonchev–Trinajstić information content (AvgIpc) is 3.36. The van der Waals surface area contributed by atoms with Crippen molar-refractivity contribution < 1.29 is 14.3 Å². The lowest BCUT2D eigenvalue weighted by atomic mass is 9.71. The highest BCUT2D eigenvalue weighted by molar-refractivity contribution is 6.13. The molecule has 34 heavy (non-hydrogen) atoms. The summed E-state index contributed by atoms with van der Waals surface area (Å²) in [6, 6.07) is 29.0. The van der Waals surface area contributed by atoms with Crippen molar-refractivity contribution in [1.29, 1.82) is 0 Å². The van der Waals surface area contributed by atoms with Crippen LogP contribution in [0.3, 0.4) is 0 Å². The van der Waals surface area contributed by atoms with Crippen molar-refractivity contribution in [2.75, 3.05) is 12.1 Å². The first-order valence-electron chi connectivity index (χ1n) is 11.8. The van der Waals surface area contributed by atoms with E-state index in [0.29, 0.717) is 6.42 Å². The smallest absolute Gasteiger partial charge is 0.231 e. The summed E-state index contributed by atoms with van der Waals surface area (Å²) in [6.07, 6.45) is 1.36. The Bertz CT molecular complexity index is 1490. The maximum Gasteiger partial charge on any atom is 0.231 e. The number of hydrogen-bond donors (Lipinski definition) is 1. The number of fused-ring (bicyclic) bond motifs is 5. The molecule has 4 heteroatoms. The summed E-state index contributed by atoms with van der Waals surface area (Å²) < 4.78 is 11.2. The summed E-state index contributed by atoms with van der Waals surface area (Å²) in [7, 11) is 0. The highest BCUT2D eigenvalue weighted by Crippen LogP contribution is 2.51. The second-order valence-corrected chi connectivity index (χ2v) is 9.23. The molecular weight excluding hydrogens is 422 g/mol. The zero-order chi connectivity index (χ0) is 22.6. The van der Waals surface area contributed by atoms with Crippen LogP contribution in [0, 0.1) is 0 Å². The van der Waals surface area contributed by atoms with Crippen molar-refractivity contribution in [2.45, 2.75) is 24.8 Å². The molecule has 0 saturated carbocycles. The fourth-order valence-corrected chi connectivity index (χ4v) is 5.75. The van der Waals surface area contributed by atoms with Gasteiger partial charge in [-0.1, -0.05) is 66.7 Å². The molecule has 4 aromatic rings. The van der Waals surface area contributed by atoms with E-state index in [9.17, 15) is 4.79 Å². The lowest BCUT2D eigenvalue weighted by molar-refractivity contribution is -0.116. The molecule has 0 spiro atoms. The number of carbonyl (C=O) groups excluding carboxylic acids is 1. The molecule has 4 nitrogen and oxygen atoms in total. The van der Waals surface area contributed by atoms with E-state index in [4.69, 9.17) is 9.47 Å². The fraction of sp³-hybridized carbons (Fsp3) is 0.167. The van der Waals surface area contributed by atoms with Crippen LogP contribution in [0.5, 0.6) is 11.5 Å². The third-order valence-electron chi connectivity index (χ3n) is 7.33. The second kappa shape index (κ2) is 7.49. The molecule has 166 valence electrons. The maximum atomic E-state index is 13.8. The molecule has 0 fully saturated rings. The van der Waals surface area contributed by atoms with Gasteiger partial charge in [-0.05, 0) is 58.0 Å². The summed E-state index contributed by atoms with van der Waals surface area (Å²) >= 11 is 0. The Morgan fingerprint density at radius 2 is 1.59 bits per heavy atom. The average molecular weight is 446 g/mol. The molecule has 2 aliphatic heterocycles. The number of anilines is 1. The number of ketones is 1. The normalized spacial score (nSPS) is 20.6. The van der Waals surface area contributed by atoms with E-state index in [2.05, 4.69) is 66.0 Å². The summed E-state index contributed by atoms with van der Waals surface area (Å²) in [5.74, 6) is 1.87. The number of rotatable bonds is 2. The number of Topliss-reactive ketones (excluding diaryl/α,β-unsaturated/α-hetero) is 1. The van der Waals surface area contributed by atoms with Gasteiger partial charge in [0.25, 0.3) is 0 Å². The largest absolute Gasteiger partial charge is 0.454 e. The van der Waals surface area contributed by atoms with E-state index in [1.54, 1.807) is 0 Å². The van der Waals surface area contributed by atoms with Crippen LogP contribution in [-0.4, -0.2) is 12.6 Å². The Labute approximate surface area is 197 Å². The van der Waals surface area contributed by atoms with Crippen LogP contribution in [0.4, 0.5) is 5.69 Å². The van der Waals surface area contributed by atoms with Crippen molar-refractivity contribution in [3.05, 3.63) is 107 Å². The first-order valence-corrected chi connectivity index (χ1v) is 11.8. The summed E-state index contributed by atoms with van der Waals surface area (Å²) in [6.45, 7) is 0.233. The van der Waals surface area contributed by atoms with Gasteiger partial charge in [0.1, 0.15) is 0 Å². The molecule has 0 bridgehead atoms. The zero-order valence-corrected chi connectivity index (χ0v) is 18.6. The van der Waals surface area contributed by atoms with Gasteiger partial charge < -0.3 is 14.8 Å². The van der Waals surface area contributed by atoms with Gasteiger partial charge in [-0.25, -0.2) is 0 Å². The van der Waals surface area contributed by atoms with Crippen LogP contribution in [0.2, 0.25) is 0 Å². The van der Waals surface area contributed by atoms with E-state index >= 15 is 0 Å². The fourth-order valence-electron chi connectivity index (χ4n) is 5.75. The van der Waals surface area contributed by atoms with Crippen LogP contribution in [0.25, 0.3) is 16.3 Å². The molecule has 2 atom stereocenters. The number of nitrogens with one attached hydrogen (secondary N) is 1. The molecule has 0 saturated heterocycles. The predicted molar refractivity (Wildman–Crippen MR) is 133 cm³/mol. The van der Waals surface area contributed by atoms with Gasteiger partial charge in [0.2, 0.25) is 6.79 Å². The Kier molecular flexibility index (Phi) is 4.28. The van der Waals surface area contributed by atoms with Gasteiger partial charge in [-0.2, -0.15) is 0 Å². The number of carbonyl (C=O) groups is 1. The topological polar surface area (TPSA) is 47.6 Å². The Hall–Kier alpha value is -4.05. The van der Waals surface area contributed by atoms with Crippen LogP contribution in [0.15, 0.2) is 90.5 Å². The van der Waals surface area contributed by atoms with E-state index in [-0.39, 0.29) is 24.5 Å². The minimum absolute atomic E-state index is 0.176. The van der Waals surface area contributed by atoms with Gasteiger partial charge in [0, 0.05) is 23.2 Å². The molecule has 0 aromatic heterocycles. The van der Waals surface area contributed by atoms with Crippen LogP contribution in [-0.2, 0) is 4.79 Å². The Morgan fingerprint density at radius 1 is 0.765 bits per heavy atom. The van der Waals surface area contributed by atoms with Crippen LogP contribution >= 0.6 is 0 Å². The van der Waals surface area contributed by atoms with Crippen molar-refractivity contribution in [1.82, 2.24) is 0 Å². The van der Waals surface area contributed by atoms with E-state index in [1.807, 2.05) is 24.3 Å². The van der Waals surface area contributed by atoms with Gasteiger partial charge in [-0.3, -0.25) is 4.79 Å². The predicted octanol–water partition coefficient (Wildman–Crippen LogP) is 6.64. The van der Waals surface area contributed by atoms with Crippen molar-refractivity contribution >= 4 is 27.8 Å². The lowest BCUT2D eigenvalue weighted by Crippen LogP contribution is -2.29.